The van der Waals surface area contributed by atoms with Crippen molar-refractivity contribution in [1.82, 2.24) is 5.32 Å². The van der Waals surface area contributed by atoms with Crippen LogP contribution >= 0.6 is 11.6 Å². The summed E-state index contributed by atoms with van der Waals surface area (Å²) in [6, 6.07) is 6.31. The van der Waals surface area contributed by atoms with Gasteiger partial charge in [0.2, 0.25) is 5.91 Å². The lowest BCUT2D eigenvalue weighted by molar-refractivity contribution is -0.138. The summed E-state index contributed by atoms with van der Waals surface area (Å²) in [6.07, 6.45) is -3.65. The average Bonchev–Trinajstić information content (AvgIpc) is 2.89. The molecule has 0 spiro atoms. The topological polar surface area (TPSA) is 133 Å². The largest absolute Gasteiger partial charge is 0.392 e. The molecule has 2 amide bonds. The zero-order valence-electron chi connectivity index (χ0n) is 22.8. The van der Waals surface area contributed by atoms with Gasteiger partial charge >= 0.3 is 0 Å². The second kappa shape index (κ2) is 13.1. The van der Waals surface area contributed by atoms with Gasteiger partial charge in [-0.15, -0.1) is 0 Å². The number of carbonyl (C=O) groups is 2. The zero-order chi connectivity index (χ0) is 30.7. The van der Waals surface area contributed by atoms with Crippen LogP contribution in [0.1, 0.15) is 68.8 Å². The van der Waals surface area contributed by atoms with Gasteiger partial charge in [0, 0.05) is 17.8 Å². The van der Waals surface area contributed by atoms with E-state index in [9.17, 15) is 41.4 Å². The molecule has 1 fully saturated rings. The van der Waals surface area contributed by atoms with E-state index in [-0.39, 0.29) is 47.0 Å². The van der Waals surface area contributed by atoms with Crippen LogP contribution in [0, 0.1) is 17.7 Å². The number of alkyl halides is 2. The van der Waals surface area contributed by atoms with Gasteiger partial charge in [0.1, 0.15) is 5.82 Å². The molecule has 1 saturated carbocycles. The number of nitrogens with one attached hydrogen (secondary N) is 2. The second-order valence-corrected chi connectivity index (χ2v) is 13.2. The number of benzene rings is 2. The van der Waals surface area contributed by atoms with Crippen molar-refractivity contribution in [2.75, 3.05) is 11.9 Å². The van der Waals surface area contributed by atoms with E-state index in [1.807, 2.05) is 0 Å². The predicted octanol–water partition coefficient (Wildman–Crippen LogP) is 4.89. The van der Waals surface area contributed by atoms with E-state index in [0.717, 1.165) is 24.3 Å². The summed E-state index contributed by atoms with van der Waals surface area (Å²) in [5.41, 5.74) is -2.58. The number of hydrogen-bond donors (Lipinski definition) is 4. The highest BCUT2D eigenvalue weighted by Gasteiger charge is 2.50. The zero-order valence-corrected chi connectivity index (χ0v) is 24.4. The minimum Gasteiger partial charge on any atom is -0.392 e. The van der Waals surface area contributed by atoms with Crippen LogP contribution in [-0.4, -0.2) is 53.9 Å². The van der Waals surface area contributed by atoms with Crippen LogP contribution in [0.25, 0.3) is 0 Å². The summed E-state index contributed by atoms with van der Waals surface area (Å²) in [5.74, 6) is -3.53. The molecule has 4 N–H and O–H groups in total. The van der Waals surface area contributed by atoms with E-state index in [2.05, 4.69) is 10.6 Å². The SMILES string of the molecule is CCC1C[C@@H](S(=O)(=O)c2cc(C(=O)Nc3ccc(F)c(C(F)F)c3)ccc2Cl)C[C@H](C)[C@@]1(O)CC(=O)NC[C@@H](C)O. The van der Waals surface area contributed by atoms with Crippen LogP contribution in [0.3, 0.4) is 0 Å². The number of rotatable bonds is 10. The Labute approximate surface area is 242 Å². The maximum Gasteiger partial charge on any atom is 0.266 e. The normalized spacial score (nSPS) is 23.7. The molecule has 226 valence electrons. The van der Waals surface area contributed by atoms with Crippen molar-refractivity contribution in [3.8, 4) is 0 Å². The number of halogens is 4. The monoisotopic (exact) mass is 618 g/mol. The molecular weight excluding hydrogens is 585 g/mol. The molecule has 0 bridgehead atoms. The highest BCUT2D eigenvalue weighted by molar-refractivity contribution is 7.92. The van der Waals surface area contributed by atoms with E-state index in [4.69, 9.17) is 11.6 Å². The van der Waals surface area contributed by atoms with Crippen molar-refractivity contribution in [3.63, 3.8) is 0 Å². The molecule has 1 aliphatic carbocycles. The van der Waals surface area contributed by atoms with E-state index in [1.54, 1.807) is 13.8 Å². The number of aliphatic hydroxyl groups excluding tert-OH is 1. The third-order valence-electron chi connectivity index (χ3n) is 7.68. The van der Waals surface area contributed by atoms with Crippen molar-refractivity contribution in [2.45, 2.75) is 74.7 Å². The summed E-state index contributed by atoms with van der Waals surface area (Å²) in [5, 5.41) is 24.8. The van der Waals surface area contributed by atoms with E-state index >= 15 is 0 Å². The van der Waals surface area contributed by atoms with Gasteiger partial charge in [0.15, 0.2) is 9.84 Å². The first-order chi connectivity index (χ1) is 19.1. The Morgan fingerprint density at radius 1 is 1.17 bits per heavy atom. The lowest BCUT2D eigenvalue weighted by atomic mass is 9.66. The van der Waals surface area contributed by atoms with Crippen molar-refractivity contribution < 1.29 is 41.4 Å². The molecule has 3 rings (SSSR count). The van der Waals surface area contributed by atoms with Crippen molar-refractivity contribution >= 4 is 38.9 Å². The fourth-order valence-corrected chi connectivity index (χ4v) is 7.78. The molecule has 2 aromatic carbocycles. The molecule has 1 aliphatic rings. The lowest BCUT2D eigenvalue weighted by Crippen LogP contribution is -2.54. The second-order valence-electron chi connectivity index (χ2n) is 10.6. The summed E-state index contributed by atoms with van der Waals surface area (Å²) in [7, 11) is -4.13. The van der Waals surface area contributed by atoms with Gasteiger partial charge in [0.25, 0.3) is 12.3 Å². The fourth-order valence-electron chi connectivity index (χ4n) is 5.33. The molecule has 0 radical (unpaired) electrons. The molecule has 2 aromatic rings. The lowest BCUT2D eigenvalue weighted by Gasteiger charge is -2.47. The quantitative estimate of drug-likeness (QED) is 0.300. The highest BCUT2D eigenvalue weighted by Crippen LogP contribution is 2.46. The van der Waals surface area contributed by atoms with Crippen molar-refractivity contribution in [3.05, 3.63) is 58.4 Å². The number of anilines is 1. The Morgan fingerprint density at radius 2 is 1.85 bits per heavy atom. The van der Waals surface area contributed by atoms with E-state index < -0.39 is 68.2 Å². The van der Waals surface area contributed by atoms with Gasteiger partial charge in [-0.2, -0.15) is 0 Å². The number of aliphatic hydroxyl groups is 2. The Morgan fingerprint density at radius 3 is 2.46 bits per heavy atom. The van der Waals surface area contributed by atoms with Crippen LogP contribution in [0.15, 0.2) is 41.3 Å². The molecule has 0 saturated heterocycles. The van der Waals surface area contributed by atoms with Gasteiger partial charge in [-0.25, -0.2) is 21.6 Å². The van der Waals surface area contributed by atoms with E-state index in [0.29, 0.717) is 6.42 Å². The van der Waals surface area contributed by atoms with Crippen LogP contribution < -0.4 is 10.6 Å². The Balaban J connectivity index is 1.84. The van der Waals surface area contributed by atoms with Gasteiger partial charge in [-0.3, -0.25) is 9.59 Å². The van der Waals surface area contributed by atoms with E-state index in [1.165, 1.54) is 19.1 Å². The summed E-state index contributed by atoms with van der Waals surface area (Å²) >= 11 is 6.27. The minimum absolute atomic E-state index is 0.0219. The van der Waals surface area contributed by atoms with Crippen LogP contribution in [0.5, 0.6) is 0 Å². The number of hydrogen-bond acceptors (Lipinski definition) is 6. The Bertz CT molecular complexity index is 1390. The smallest absolute Gasteiger partial charge is 0.266 e. The first-order valence-corrected chi connectivity index (χ1v) is 15.1. The molecule has 5 atom stereocenters. The Hall–Kier alpha value is -2.67. The van der Waals surface area contributed by atoms with Crippen molar-refractivity contribution in [2.24, 2.45) is 11.8 Å². The summed E-state index contributed by atoms with van der Waals surface area (Å²) < 4.78 is 67.3. The minimum atomic E-state index is -4.13. The number of carbonyl (C=O) groups excluding carboxylic acids is 2. The molecule has 0 aromatic heterocycles. The van der Waals surface area contributed by atoms with Gasteiger partial charge in [0.05, 0.1) is 38.9 Å². The maximum absolute atomic E-state index is 13.8. The maximum atomic E-state index is 13.8. The molecule has 41 heavy (non-hydrogen) atoms. The molecule has 8 nitrogen and oxygen atoms in total. The Kier molecular flexibility index (Phi) is 10.5. The fraction of sp³-hybridized carbons (Fsp3) is 0.500. The third kappa shape index (κ3) is 7.40. The summed E-state index contributed by atoms with van der Waals surface area (Å²) in [4.78, 5) is 25.0. The van der Waals surface area contributed by atoms with Crippen LogP contribution in [0.4, 0.5) is 18.9 Å². The molecule has 13 heteroatoms. The number of amides is 2. The average molecular weight is 619 g/mol. The van der Waals surface area contributed by atoms with Gasteiger partial charge in [-0.1, -0.05) is 31.9 Å². The van der Waals surface area contributed by atoms with Gasteiger partial charge in [-0.05, 0) is 68.0 Å². The van der Waals surface area contributed by atoms with Crippen LogP contribution in [-0.2, 0) is 14.6 Å². The molecular formula is C28H34ClF3N2O6S. The third-order valence-corrected chi connectivity index (χ3v) is 10.3. The van der Waals surface area contributed by atoms with Crippen LogP contribution in [0.2, 0.25) is 5.02 Å². The first kappa shape index (κ1) is 32.8. The highest BCUT2D eigenvalue weighted by atomic mass is 35.5. The standard InChI is InChI=1S/C28H34ClF3N2O6S/c1-4-18-11-20(9-15(2)28(18,38)13-25(36)33-14-16(3)35)41(39,40)24-10-17(5-7-22(24)29)27(37)34-19-6-8-23(30)21(12-19)26(31)32/h5-8,10,12,15-16,18,20,26,35,38H,4,9,11,13-14H2,1-3H3,(H,33,36)(H,34,37)/t15-,16+,18?,20-,28-/m0/s1. The first-order valence-electron chi connectivity index (χ1n) is 13.2. The molecule has 0 aliphatic heterocycles. The van der Waals surface area contributed by atoms with Gasteiger partial charge < -0.3 is 20.8 Å². The predicted molar refractivity (Wildman–Crippen MR) is 148 cm³/mol. The summed E-state index contributed by atoms with van der Waals surface area (Å²) in [6.45, 7) is 5.00. The molecule has 1 unspecified atom stereocenters. The molecule has 0 heterocycles. The number of sulfone groups is 1. The van der Waals surface area contributed by atoms with Crippen molar-refractivity contribution in [1.29, 1.82) is 0 Å².